The Kier molecular flexibility index (Phi) is 2.49. The lowest BCUT2D eigenvalue weighted by atomic mass is 9.91. The van der Waals surface area contributed by atoms with Gasteiger partial charge < -0.3 is 4.57 Å². The summed E-state index contributed by atoms with van der Waals surface area (Å²) in [6.07, 6.45) is 2.12. The zero-order valence-corrected chi connectivity index (χ0v) is 13.1. The van der Waals surface area contributed by atoms with E-state index in [0.29, 0.717) is 18.6 Å². The van der Waals surface area contributed by atoms with Gasteiger partial charge in [-0.2, -0.15) is 0 Å². The molecular weight excluding hydrogens is 282 g/mol. The van der Waals surface area contributed by atoms with Crippen molar-refractivity contribution in [2.24, 2.45) is 7.05 Å². The van der Waals surface area contributed by atoms with Crippen LogP contribution < -0.4 is 0 Å². The summed E-state index contributed by atoms with van der Waals surface area (Å²) >= 11 is 0. The number of Topliss-reactive ketones (excluding diaryl/α,β-unsaturated/α-hetero) is 1. The van der Waals surface area contributed by atoms with E-state index in [-0.39, 0.29) is 0 Å². The third-order valence-corrected chi connectivity index (χ3v) is 5.31. The van der Waals surface area contributed by atoms with Crippen LogP contribution in [0.2, 0.25) is 0 Å². The molecule has 23 heavy (non-hydrogen) atoms. The van der Waals surface area contributed by atoms with Crippen molar-refractivity contribution in [1.29, 1.82) is 0 Å². The Morgan fingerprint density at radius 2 is 1.43 bits per heavy atom. The highest BCUT2D eigenvalue weighted by Gasteiger charge is 2.25. The zero-order valence-electron chi connectivity index (χ0n) is 13.1. The van der Waals surface area contributed by atoms with E-state index >= 15 is 0 Å². The molecule has 0 unspecified atom stereocenters. The van der Waals surface area contributed by atoms with E-state index in [4.69, 9.17) is 0 Å². The van der Waals surface area contributed by atoms with Crippen LogP contribution in [0.1, 0.15) is 17.7 Å². The van der Waals surface area contributed by atoms with Crippen molar-refractivity contribution in [3.63, 3.8) is 0 Å². The van der Waals surface area contributed by atoms with Gasteiger partial charge >= 0.3 is 0 Å². The minimum absolute atomic E-state index is 0.363. The highest BCUT2D eigenvalue weighted by Crippen LogP contribution is 2.40. The van der Waals surface area contributed by atoms with Crippen LogP contribution in [0, 0.1) is 0 Å². The number of aryl methyl sites for hydroxylation is 1. The first kappa shape index (κ1) is 12.9. The molecule has 1 aromatic heterocycles. The van der Waals surface area contributed by atoms with Crippen molar-refractivity contribution < 1.29 is 4.79 Å². The maximum Gasteiger partial charge on any atom is 0.137 e. The molecular formula is C21H17NO. The lowest BCUT2D eigenvalue weighted by Crippen LogP contribution is -2.14. The fraction of sp³-hybridized carbons (Fsp3) is 0.190. The van der Waals surface area contributed by atoms with Gasteiger partial charge in [-0.3, -0.25) is 4.79 Å². The van der Waals surface area contributed by atoms with Crippen molar-refractivity contribution >= 4 is 38.2 Å². The molecule has 1 aliphatic carbocycles. The van der Waals surface area contributed by atoms with Crippen molar-refractivity contribution in [3.8, 4) is 0 Å². The molecule has 1 heterocycles. The second-order valence-corrected chi connectivity index (χ2v) is 6.51. The van der Waals surface area contributed by atoms with E-state index < -0.39 is 0 Å². The van der Waals surface area contributed by atoms with Crippen LogP contribution in [0.3, 0.4) is 0 Å². The standard InChI is InChI=1S/C21H17NO/c1-22-19-11-10-13(23)12-18(19)20-16-8-4-2-6-14(16)15-7-3-5-9-17(15)21(20)22/h2-9H,10-12H2,1H3. The molecule has 0 saturated heterocycles. The van der Waals surface area contributed by atoms with Crippen LogP contribution in [0.5, 0.6) is 0 Å². The largest absolute Gasteiger partial charge is 0.347 e. The Morgan fingerprint density at radius 1 is 0.826 bits per heavy atom. The first-order valence-electron chi connectivity index (χ1n) is 8.17. The van der Waals surface area contributed by atoms with Gasteiger partial charge in [-0.15, -0.1) is 0 Å². The fourth-order valence-electron chi connectivity index (χ4n) is 4.31. The summed E-state index contributed by atoms with van der Waals surface area (Å²) in [7, 11) is 2.15. The number of ketones is 1. The van der Waals surface area contributed by atoms with E-state index in [2.05, 4.69) is 60.1 Å². The van der Waals surface area contributed by atoms with Crippen LogP contribution in [0.15, 0.2) is 48.5 Å². The van der Waals surface area contributed by atoms with Crippen molar-refractivity contribution in [2.45, 2.75) is 19.3 Å². The molecule has 0 amide bonds. The maximum absolute atomic E-state index is 12.1. The SMILES string of the molecule is Cn1c2c(c3c4ccccc4c4ccccc4c31)CC(=O)CC2. The number of fused-ring (bicyclic) bond motifs is 8. The van der Waals surface area contributed by atoms with E-state index in [1.807, 2.05) is 0 Å². The van der Waals surface area contributed by atoms with Crippen LogP contribution in [-0.4, -0.2) is 10.4 Å². The number of nitrogens with zero attached hydrogens (tertiary/aromatic N) is 1. The third kappa shape index (κ3) is 1.61. The number of aromatic nitrogens is 1. The Balaban J connectivity index is 2.13. The molecule has 3 aromatic carbocycles. The Morgan fingerprint density at radius 3 is 2.17 bits per heavy atom. The Bertz CT molecular complexity index is 1120. The summed E-state index contributed by atoms with van der Waals surface area (Å²) in [4.78, 5) is 12.1. The van der Waals surface area contributed by atoms with Crippen molar-refractivity contribution in [1.82, 2.24) is 4.57 Å². The van der Waals surface area contributed by atoms with Gasteiger partial charge in [-0.05, 0) is 28.1 Å². The molecule has 0 fully saturated rings. The van der Waals surface area contributed by atoms with Crippen molar-refractivity contribution in [3.05, 3.63) is 59.8 Å². The molecule has 1 aliphatic rings. The zero-order chi connectivity index (χ0) is 15.6. The minimum atomic E-state index is 0.363. The molecule has 0 bridgehead atoms. The van der Waals surface area contributed by atoms with E-state index in [9.17, 15) is 4.79 Å². The molecule has 0 aliphatic heterocycles. The molecule has 112 valence electrons. The van der Waals surface area contributed by atoms with Crippen LogP contribution in [0.4, 0.5) is 0 Å². The quantitative estimate of drug-likeness (QED) is 0.437. The van der Waals surface area contributed by atoms with Gasteiger partial charge in [0.1, 0.15) is 5.78 Å². The first-order valence-corrected chi connectivity index (χ1v) is 8.17. The first-order chi connectivity index (χ1) is 11.3. The van der Waals surface area contributed by atoms with Crippen molar-refractivity contribution in [2.75, 3.05) is 0 Å². The average Bonchev–Trinajstić information content (AvgIpc) is 2.88. The summed E-state index contributed by atoms with van der Waals surface area (Å²) in [6, 6.07) is 17.2. The monoisotopic (exact) mass is 299 g/mol. The topological polar surface area (TPSA) is 22.0 Å². The molecule has 0 saturated carbocycles. The molecule has 5 rings (SSSR count). The van der Waals surface area contributed by atoms with Gasteiger partial charge in [0.05, 0.1) is 5.52 Å². The summed E-state index contributed by atoms with van der Waals surface area (Å²) in [6.45, 7) is 0. The van der Waals surface area contributed by atoms with E-state index in [1.165, 1.54) is 43.7 Å². The number of benzene rings is 3. The summed E-state index contributed by atoms with van der Waals surface area (Å²) < 4.78 is 2.33. The molecule has 0 spiro atoms. The third-order valence-electron chi connectivity index (χ3n) is 5.31. The predicted octanol–water partition coefficient (Wildman–Crippen LogP) is 4.54. The minimum Gasteiger partial charge on any atom is -0.347 e. The lowest BCUT2D eigenvalue weighted by Gasteiger charge is -2.12. The summed E-state index contributed by atoms with van der Waals surface area (Å²) in [5.41, 5.74) is 3.86. The van der Waals surface area contributed by atoms with Gasteiger partial charge in [-0.25, -0.2) is 0 Å². The van der Waals surface area contributed by atoms with Gasteiger partial charge in [0.15, 0.2) is 0 Å². The Hall–Kier alpha value is -2.61. The number of carbonyl (C=O) groups excluding carboxylic acids is 1. The van der Waals surface area contributed by atoms with Gasteiger partial charge in [0.25, 0.3) is 0 Å². The number of rotatable bonds is 0. The molecule has 0 atom stereocenters. The molecule has 0 radical (unpaired) electrons. The number of hydrogen-bond acceptors (Lipinski definition) is 1. The predicted molar refractivity (Wildman–Crippen MR) is 95.0 cm³/mol. The smallest absolute Gasteiger partial charge is 0.137 e. The number of carbonyl (C=O) groups is 1. The van der Waals surface area contributed by atoms with E-state index in [0.717, 1.165) is 6.42 Å². The van der Waals surface area contributed by atoms with Gasteiger partial charge in [0.2, 0.25) is 0 Å². The summed E-state index contributed by atoms with van der Waals surface area (Å²) in [5.74, 6) is 0.363. The highest BCUT2D eigenvalue weighted by molar-refractivity contribution is 6.26. The fourth-order valence-corrected chi connectivity index (χ4v) is 4.31. The maximum atomic E-state index is 12.1. The second-order valence-electron chi connectivity index (χ2n) is 6.51. The normalized spacial score (nSPS) is 14.7. The van der Waals surface area contributed by atoms with Crippen LogP contribution in [0.25, 0.3) is 32.4 Å². The lowest BCUT2D eigenvalue weighted by molar-refractivity contribution is -0.118. The molecule has 2 nitrogen and oxygen atoms in total. The Labute approximate surface area is 134 Å². The average molecular weight is 299 g/mol. The number of hydrogen-bond donors (Lipinski definition) is 0. The molecule has 0 N–H and O–H groups in total. The molecule has 4 aromatic rings. The van der Waals surface area contributed by atoms with Crippen LogP contribution >= 0.6 is 0 Å². The highest BCUT2D eigenvalue weighted by atomic mass is 16.1. The molecule has 2 heteroatoms. The van der Waals surface area contributed by atoms with Gasteiger partial charge in [-0.1, -0.05) is 48.5 Å². The summed E-state index contributed by atoms with van der Waals surface area (Å²) in [5, 5.41) is 6.41. The second kappa shape index (κ2) is 4.45. The van der Waals surface area contributed by atoms with E-state index in [1.54, 1.807) is 0 Å². The van der Waals surface area contributed by atoms with Gasteiger partial charge in [0, 0.05) is 36.4 Å². The van der Waals surface area contributed by atoms with Crippen LogP contribution in [-0.2, 0) is 24.7 Å².